The molecule has 0 saturated heterocycles. The number of aliphatic carboxylic acids is 1. The summed E-state index contributed by atoms with van der Waals surface area (Å²) in [4.78, 5) is 10.7. The molecule has 1 aliphatic rings. The molecule has 1 aromatic heterocycles. The number of carbonyl (C=O) groups is 1. The Morgan fingerprint density at radius 3 is 2.53 bits per heavy atom. The van der Waals surface area contributed by atoms with Gasteiger partial charge in [0.2, 0.25) is 0 Å². The van der Waals surface area contributed by atoms with E-state index >= 15 is 0 Å². The molecule has 0 aromatic carbocycles. The Hall–Kier alpha value is -1.29. The van der Waals surface area contributed by atoms with Crippen LogP contribution in [-0.4, -0.2) is 22.2 Å². The Balaban J connectivity index is 2.26. The van der Waals surface area contributed by atoms with E-state index in [0.717, 1.165) is 18.4 Å². The van der Waals surface area contributed by atoms with Gasteiger partial charge in [0, 0.05) is 23.0 Å². The summed E-state index contributed by atoms with van der Waals surface area (Å²) >= 11 is 0. The van der Waals surface area contributed by atoms with Crippen LogP contribution in [0.1, 0.15) is 55.8 Å². The fraction of sp³-hybridized carbons (Fsp3) is 0.667. The van der Waals surface area contributed by atoms with Crippen molar-refractivity contribution in [2.45, 2.75) is 52.7 Å². The van der Waals surface area contributed by atoms with Crippen molar-refractivity contribution in [2.75, 3.05) is 6.61 Å². The molecule has 0 radical (unpaired) electrons. The first kappa shape index (κ1) is 14.1. The summed E-state index contributed by atoms with van der Waals surface area (Å²) in [7, 11) is 0. The molecule has 106 valence electrons. The van der Waals surface area contributed by atoms with Crippen molar-refractivity contribution in [1.82, 2.24) is 4.57 Å². The van der Waals surface area contributed by atoms with Crippen molar-refractivity contribution in [2.24, 2.45) is 5.92 Å². The molecule has 1 aromatic rings. The van der Waals surface area contributed by atoms with Gasteiger partial charge in [-0.1, -0.05) is 0 Å². The van der Waals surface area contributed by atoms with Crippen LogP contribution in [0.15, 0.2) is 6.07 Å². The molecule has 1 fully saturated rings. The predicted molar refractivity (Wildman–Crippen MR) is 73.3 cm³/mol. The quantitative estimate of drug-likeness (QED) is 0.859. The summed E-state index contributed by atoms with van der Waals surface area (Å²) in [5.74, 6) is -0.413. The van der Waals surface area contributed by atoms with Crippen LogP contribution in [0.4, 0.5) is 0 Å². The van der Waals surface area contributed by atoms with E-state index < -0.39 is 5.97 Å². The van der Waals surface area contributed by atoms with Crippen LogP contribution < -0.4 is 0 Å². The Morgan fingerprint density at radius 2 is 2.11 bits per heavy atom. The van der Waals surface area contributed by atoms with Crippen molar-refractivity contribution in [3.05, 3.63) is 23.0 Å². The van der Waals surface area contributed by atoms with E-state index in [0.29, 0.717) is 12.0 Å². The van der Waals surface area contributed by atoms with E-state index in [1.54, 1.807) is 0 Å². The summed E-state index contributed by atoms with van der Waals surface area (Å²) in [6.07, 6.45) is 2.21. The number of aromatic nitrogens is 1. The Labute approximate surface area is 114 Å². The SMILES string of the molecule is Cc1cc(C(OCC(=O)O)C2CC2)c(C)n1C(C)C. The fourth-order valence-corrected chi connectivity index (χ4v) is 2.93. The maximum absolute atomic E-state index is 10.7. The summed E-state index contributed by atoms with van der Waals surface area (Å²) in [6.45, 7) is 8.30. The van der Waals surface area contributed by atoms with Crippen molar-refractivity contribution in [3.63, 3.8) is 0 Å². The van der Waals surface area contributed by atoms with Crippen molar-refractivity contribution < 1.29 is 14.6 Å². The Bertz CT molecular complexity index is 472. The van der Waals surface area contributed by atoms with E-state index in [1.807, 2.05) is 0 Å². The second kappa shape index (κ2) is 5.37. The van der Waals surface area contributed by atoms with Crippen LogP contribution in [0.2, 0.25) is 0 Å². The van der Waals surface area contributed by atoms with Gasteiger partial charge in [-0.2, -0.15) is 0 Å². The van der Waals surface area contributed by atoms with Crippen LogP contribution in [-0.2, 0) is 9.53 Å². The van der Waals surface area contributed by atoms with Gasteiger partial charge < -0.3 is 14.4 Å². The third kappa shape index (κ3) is 3.00. The minimum absolute atomic E-state index is 0.0604. The van der Waals surface area contributed by atoms with Gasteiger partial charge in [0.05, 0.1) is 6.10 Å². The topological polar surface area (TPSA) is 51.5 Å². The summed E-state index contributed by atoms with van der Waals surface area (Å²) < 4.78 is 7.92. The zero-order valence-electron chi connectivity index (χ0n) is 12.1. The number of rotatable bonds is 6. The molecule has 19 heavy (non-hydrogen) atoms. The average molecular weight is 265 g/mol. The first-order valence-corrected chi connectivity index (χ1v) is 6.93. The summed E-state index contributed by atoms with van der Waals surface area (Å²) in [5.41, 5.74) is 3.58. The maximum Gasteiger partial charge on any atom is 0.329 e. The number of aryl methyl sites for hydroxylation is 1. The molecule has 1 N–H and O–H groups in total. The first-order chi connectivity index (χ1) is 8.91. The zero-order valence-corrected chi connectivity index (χ0v) is 12.1. The Morgan fingerprint density at radius 1 is 1.47 bits per heavy atom. The fourth-order valence-electron chi connectivity index (χ4n) is 2.93. The van der Waals surface area contributed by atoms with Gasteiger partial charge in [-0.3, -0.25) is 0 Å². The molecule has 0 aliphatic heterocycles. The highest BCUT2D eigenvalue weighted by Crippen LogP contribution is 2.45. The highest BCUT2D eigenvalue weighted by Gasteiger charge is 2.35. The second-order valence-corrected chi connectivity index (χ2v) is 5.75. The molecule has 1 aliphatic carbocycles. The van der Waals surface area contributed by atoms with E-state index in [4.69, 9.17) is 9.84 Å². The van der Waals surface area contributed by atoms with Gasteiger partial charge in [-0.05, 0) is 52.5 Å². The van der Waals surface area contributed by atoms with Gasteiger partial charge >= 0.3 is 5.97 Å². The van der Waals surface area contributed by atoms with Gasteiger partial charge in [0.15, 0.2) is 0 Å². The van der Waals surface area contributed by atoms with E-state index in [2.05, 4.69) is 38.3 Å². The van der Waals surface area contributed by atoms with E-state index in [1.165, 1.54) is 11.4 Å². The van der Waals surface area contributed by atoms with Crippen LogP contribution in [0, 0.1) is 19.8 Å². The van der Waals surface area contributed by atoms with Crippen LogP contribution in [0.25, 0.3) is 0 Å². The molecular weight excluding hydrogens is 242 g/mol. The third-order valence-corrected chi connectivity index (χ3v) is 3.78. The molecule has 4 heteroatoms. The molecule has 2 rings (SSSR count). The lowest BCUT2D eigenvalue weighted by molar-refractivity contribution is -0.145. The van der Waals surface area contributed by atoms with Gasteiger partial charge in [0.1, 0.15) is 6.61 Å². The lowest BCUT2D eigenvalue weighted by atomic mass is 10.1. The Kier molecular flexibility index (Phi) is 3.99. The zero-order chi connectivity index (χ0) is 14.2. The third-order valence-electron chi connectivity index (χ3n) is 3.78. The minimum Gasteiger partial charge on any atom is -0.480 e. The molecule has 4 nitrogen and oxygen atoms in total. The van der Waals surface area contributed by atoms with Crippen LogP contribution in [0.3, 0.4) is 0 Å². The van der Waals surface area contributed by atoms with E-state index in [9.17, 15) is 4.79 Å². The molecule has 1 saturated carbocycles. The molecule has 1 atom stereocenters. The standard InChI is InChI=1S/C15H23NO3/c1-9(2)16-10(3)7-13(11(16)4)15(12-5-6-12)19-8-14(17)18/h7,9,12,15H,5-6,8H2,1-4H3,(H,17,18). The van der Waals surface area contributed by atoms with E-state index in [-0.39, 0.29) is 12.7 Å². The average Bonchev–Trinajstić information content (AvgIpc) is 3.06. The number of ether oxygens (including phenoxy) is 1. The minimum atomic E-state index is -0.900. The molecule has 1 unspecified atom stereocenters. The second-order valence-electron chi connectivity index (χ2n) is 5.75. The normalized spacial score (nSPS) is 16.9. The van der Waals surface area contributed by atoms with Crippen molar-refractivity contribution in [1.29, 1.82) is 0 Å². The smallest absolute Gasteiger partial charge is 0.329 e. The van der Waals surface area contributed by atoms with Gasteiger partial charge in [-0.15, -0.1) is 0 Å². The molecule has 0 amide bonds. The van der Waals surface area contributed by atoms with Crippen LogP contribution in [0.5, 0.6) is 0 Å². The van der Waals surface area contributed by atoms with Gasteiger partial charge in [0.25, 0.3) is 0 Å². The predicted octanol–water partition coefficient (Wildman–Crippen LogP) is 3.24. The molecule has 1 heterocycles. The largest absolute Gasteiger partial charge is 0.480 e. The van der Waals surface area contributed by atoms with Crippen molar-refractivity contribution in [3.8, 4) is 0 Å². The number of nitrogens with zero attached hydrogens (tertiary/aromatic N) is 1. The highest BCUT2D eigenvalue weighted by molar-refractivity contribution is 5.68. The number of carboxylic acids is 1. The number of hydrogen-bond donors (Lipinski definition) is 1. The lowest BCUT2D eigenvalue weighted by Gasteiger charge is -2.18. The molecular formula is C15H23NO3. The molecule has 0 spiro atoms. The maximum atomic E-state index is 10.7. The number of hydrogen-bond acceptors (Lipinski definition) is 2. The van der Waals surface area contributed by atoms with Crippen molar-refractivity contribution >= 4 is 5.97 Å². The highest BCUT2D eigenvalue weighted by atomic mass is 16.5. The van der Waals surface area contributed by atoms with Crippen LogP contribution >= 0.6 is 0 Å². The first-order valence-electron chi connectivity index (χ1n) is 6.93. The monoisotopic (exact) mass is 265 g/mol. The van der Waals surface area contributed by atoms with Gasteiger partial charge in [-0.25, -0.2) is 4.79 Å². The summed E-state index contributed by atoms with van der Waals surface area (Å²) in [5, 5.41) is 8.80. The summed E-state index contributed by atoms with van der Waals surface area (Å²) in [6, 6.07) is 2.56. The lowest BCUT2D eigenvalue weighted by Crippen LogP contribution is -2.14. The molecule has 0 bridgehead atoms. The number of carboxylic acid groups (broad SMARTS) is 1.